The van der Waals surface area contributed by atoms with E-state index in [-0.39, 0.29) is 24.0 Å². The number of esters is 1. The SMILES string of the molecule is Nc1nc(OCC(=O)OCc2ccccc2)ncc1C(=O)Nc1ccc(F)cc1. The van der Waals surface area contributed by atoms with Crippen LogP contribution in [0, 0.1) is 5.82 Å². The lowest BCUT2D eigenvalue weighted by atomic mass is 10.2. The number of carbonyl (C=O) groups is 2. The summed E-state index contributed by atoms with van der Waals surface area (Å²) < 4.78 is 23.1. The zero-order valence-corrected chi connectivity index (χ0v) is 15.2. The molecule has 0 unspecified atom stereocenters. The number of carbonyl (C=O) groups excluding carboxylic acids is 2. The molecule has 0 spiro atoms. The minimum absolute atomic E-state index is 0.00771. The number of anilines is 2. The van der Waals surface area contributed by atoms with E-state index in [0.717, 1.165) is 5.56 Å². The van der Waals surface area contributed by atoms with Crippen LogP contribution in [-0.2, 0) is 16.1 Å². The van der Waals surface area contributed by atoms with Crippen LogP contribution in [0.2, 0.25) is 0 Å². The molecule has 148 valence electrons. The fourth-order valence-corrected chi connectivity index (χ4v) is 2.26. The molecule has 3 aromatic rings. The van der Waals surface area contributed by atoms with E-state index in [9.17, 15) is 14.0 Å². The molecule has 9 heteroatoms. The Labute approximate surface area is 165 Å². The van der Waals surface area contributed by atoms with Crippen molar-refractivity contribution >= 4 is 23.4 Å². The Morgan fingerprint density at radius 2 is 1.79 bits per heavy atom. The quantitative estimate of drug-likeness (QED) is 0.590. The van der Waals surface area contributed by atoms with Gasteiger partial charge in [0, 0.05) is 11.9 Å². The maximum absolute atomic E-state index is 12.9. The number of hydrogen-bond donors (Lipinski definition) is 2. The smallest absolute Gasteiger partial charge is 0.344 e. The van der Waals surface area contributed by atoms with Gasteiger partial charge in [-0.1, -0.05) is 30.3 Å². The largest absolute Gasteiger partial charge is 0.458 e. The molecule has 29 heavy (non-hydrogen) atoms. The van der Waals surface area contributed by atoms with Gasteiger partial charge in [-0.2, -0.15) is 4.98 Å². The molecule has 3 N–H and O–H groups in total. The average molecular weight is 396 g/mol. The van der Waals surface area contributed by atoms with E-state index in [1.54, 1.807) is 0 Å². The predicted molar refractivity (Wildman–Crippen MR) is 103 cm³/mol. The Morgan fingerprint density at radius 1 is 1.07 bits per heavy atom. The third kappa shape index (κ3) is 5.73. The summed E-state index contributed by atoms with van der Waals surface area (Å²) in [7, 11) is 0. The van der Waals surface area contributed by atoms with Gasteiger partial charge in [0.2, 0.25) is 0 Å². The van der Waals surface area contributed by atoms with Crippen LogP contribution in [-0.4, -0.2) is 28.5 Å². The number of ether oxygens (including phenoxy) is 2. The number of amides is 1. The van der Waals surface area contributed by atoms with Gasteiger partial charge < -0.3 is 20.5 Å². The molecule has 1 amide bonds. The topological polar surface area (TPSA) is 116 Å². The Bertz CT molecular complexity index is 997. The highest BCUT2D eigenvalue weighted by Gasteiger charge is 2.14. The summed E-state index contributed by atoms with van der Waals surface area (Å²) >= 11 is 0. The van der Waals surface area contributed by atoms with E-state index in [4.69, 9.17) is 15.2 Å². The number of nitrogens with zero attached hydrogens (tertiary/aromatic N) is 2. The number of rotatable bonds is 7. The van der Waals surface area contributed by atoms with Crippen LogP contribution < -0.4 is 15.8 Å². The summed E-state index contributed by atoms with van der Waals surface area (Å²) in [6.45, 7) is -0.290. The molecule has 3 rings (SSSR count). The molecule has 2 aromatic carbocycles. The maximum Gasteiger partial charge on any atom is 0.344 e. The minimum Gasteiger partial charge on any atom is -0.458 e. The lowest BCUT2D eigenvalue weighted by Gasteiger charge is -2.09. The molecule has 0 aliphatic carbocycles. The molecule has 0 aliphatic rings. The van der Waals surface area contributed by atoms with Crippen LogP contribution in [0.3, 0.4) is 0 Å². The average Bonchev–Trinajstić information content (AvgIpc) is 2.73. The number of aromatic nitrogens is 2. The molecule has 8 nitrogen and oxygen atoms in total. The van der Waals surface area contributed by atoms with Crippen LogP contribution >= 0.6 is 0 Å². The van der Waals surface area contributed by atoms with E-state index < -0.39 is 24.3 Å². The fraction of sp³-hybridized carbons (Fsp3) is 0.100. The van der Waals surface area contributed by atoms with E-state index in [0.29, 0.717) is 5.69 Å². The standard InChI is InChI=1S/C20H17FN4O4/c21-14-6-8-15(9-7-14)24-19(27)16-10-23-20(25-18(16)22)29-12-17(26)28-11-13-4-2-1-3-5-13/h1-10H,11-12H2,(H,24,27)(H2,22,23,25). The summed E-state index contributed by atoms with van der Waals surface area (Å²) in [5, 5.41) is 2.55. The molecule has 0 saturated carbocycles. The molecule has 0 saturated heterocycles. The number of halogens is 1. The van der Waals surface area contributed by atoms with Crippen molar-refractivity contribution in [3.63, 3.8) is 0 Å². The minimum atomic E-state index is -0.603. The zero-order chi connectivity index (χ0) is 20.6. The van der Waals surface area contributed by atoms with Crippen molar-refractivity contribution in [2.75, 3.05) is 17.7 Å². The van der Waals surface area contributed by atoms with Crippen LogP contribution in [0.1, 0.15) is 15.9 Å². The summed E-state index contributed by atoms with van der Waals surface area (Å²) in [5.41, 5.74) is 7.01. The second kappa shape index (κ2) is 9.27. The summed E-state index contributed by atoms with van der Waals surface area (Å²) in [6.07, 6.45) is 1.17. The molecule has 0 aliphatic heterocycles. The molecular weight excluding hydrogens is 379 g/mol. The number of nitrogen functional groups attached to an aromatic ring is 1. The van der Waals surface area contributed by atoms with Crippen molar-refractivity contribution < 1.29 is 23.5 Å². The highest BCUT2D eigenvalue weighted by molar-refractivity contribution is 6.06. The monoisotopic (exact) mass is 396 g/mol. The highest BCUT2D eigenvalue weighted by Crippen LogP contribution is 2.15. The van der Waals surface area contributed by atoms with Crippen LogP contribution in [0.25, 0.3) is 0 Å². The van der Waals surface area contributed by atoms with Crippen molar-refractivity contribution in [3.05, 3.63) is 77.7 Å². The third-order valence-electron chi connectivity index (χ3n) is 3.70. The van der Waals surface area contributed by atoms with Gasteiger partial charge in [0.1, 0.15) is 23.8 Å². The number of hydrogen-bond acceptors (Lipinski definition) is 7. The van der Waals surface area contributed by atoms with E-state index in [1.165, 1.54) is 30.5 Å². The summed E-state index contributed by atoms with van der Waals surface area (Å²) in [4.78, 5) is 31.7. The molecule has 1 aromatic heterocycles. The van der Waals surface area contributed by atoms with Gasteiger partial charge in [-0.25, -0.2) is 14.2 Å². The van der Waals surface area contributed by atoms with E-state index in [2.05, 4.69) is 15.3 Å². The molecule has 0 bridgehead atoms. The van der Waals surface area contributed by atoms with Crippen molar-refractivity contribution in [1.29, 1.82) is 0 Å². The second-order valence-corrected chi connectivity index (χ2v) is 5.85. The molecule has 0 fully saturated rings. The first-order chi connectivity index (χ1) is 14.0. The Morgan fingerprint density at radius 3 is 2.48 bits per heavy atom. The zero-order valence-electron chi connectivity index (χ0n) is 15.2. The van der Waals surface area contributed by atoms with Gasteiger partial charge in [-0.3, -0.25) is 4.79 Å². The van der Waals surface area contributed by atoms with Crippen molar-refractivity contribution in [2.24, 2.45) is 0 Å². The van der Waals surface area contributed by atoms with Gasteiger partial charge in [0.05, 0.1) is 0 Å². The maximum atomic E-state index is 12.9. The third-order valence-corrected chi connectivity index (χ3v) is 3.70. The number of benzene rings is 2. The van der Waals surface area contributed by atoms with Gasteiger partial charge >= 0.3 is 12.0 Å². The highest BCUT2D eigenvalue weighted by atomic mass is 19.1. The van der Waals surface area contributed by atoms with Crippen molar-refractivity contribution in [2.45, 2.75) is 6.61 Å². The summed E-state index contributed by atoms with van der Waals surface area (Å²) in [6, 6.07) is 14.3. The first kappa shape index (κ1) is 19.7. The molecule has 0 radical (unpaired) electrons. The van der Waals surface area contributed by atoms with Crippen LogP contribution in [0.15, 0.2) is 60.8 Å². The van der Waals surface area contributed by atoms with E-state index in [1.807, 2.05) is 30.3 Å². The normalized spacial score (nSPS) is 10.2. The van der Waals surface area contributed by atoms with Crippen LogP contribution in [0.4, 0.5) is 15.9 Å². The van der Waals surface area contributed by atoms with E-state index >= 15 is 0 Å². The summed E-state index contributed by atoms with van der Waals surface area (Å²) in [5.74, 6) is -1.72. The van der Waals surface area contributed by atoms with Crippen LogP contribution in [0.5, 0.6) is 6.01 Å². The van der Waals surface area contributed by atoms with Gasteiger partial charge in [-0.05, 0) is 29.8 Å². The Hall–Kier alpha value is -4.01. The molecule has 0 atom stereocenters. The first-order valence-electron chi connectivity index (χ1n) is 8.53. The second-order valence-electron chi connectivity index (χ2n) is 5.85. The lowest BCUT2D eigenvalue weighted by molar-refractivity contribution is -0.147. The first-order valence-corrected chi connectivity index (χ1v) is 8.53. The predicted octanol–water partition coefficient (Wildman–Crippen LogP) is 2.57. The molecule has 1 heterocycles. The van der Waals surface area contributed by atoms with Crippen molar-refractivity contribution in [3.8, 4) is 6.01 Å². The van der Waals surface area contributed by atoms with Gasteiger partial charge in [0.25, 0.3) is 5.91 Å². The molecular formula is C20H17FN4O4. The lowest BCUT2D eigenvalue weighted by Crippen LogP contribution is -2.18. The number of nitrogens with one attached hydrogen (secondary N) is 1. The van der Waals surface area contributed by atoms with Gasteiger partial charge in [-0.15, -0.1) is 0 Å². The number of nitrogens with two attached hydrogens (primary N) is 1. The van der Waals surface area contributed by atoms with Crippen molar-refractivity contribution in [1.82, 2.24) is 9.97 Å². The van der Waals surface area contributed by atoms with Gasteiger partial charge in [0.15, 0.2) is 6.61 Å². The Kier molecular flexibility index (Phi) is 6.31. The Balaban J connectivity index is 1.52. The fourth-order valence-electron chi connectivity index (χ4n) is 2.26.